The first-order valence-corrected chi connectivity index (χ1v) is 10.8. The van der Waals surface area contributed by atoms with E-state index in [-0.39, 0.29) is 6.54 Å². The number of aromatic nitrogens is 3. The van der Waals surface area contributed by atoms with Crippen LogP contribution in [-0.4, -0.2) is 27.0 Å². The fourth-order valence-corrected chi connectivity index (χ4v) is 3.75. The first-order valence-electron chi connectivity index (χ1n) is 10.1. The average molecular weight is 482 g/mol. The van der Waals surface area contributed by atoms with E-state index < -0.39 is 5.60 Å². The highest BCUT2D eigenvalue weighted by Gasteiger charge is 2.30. The van der Waals surface area contributed by atoms with Gasteiger partial charge in [-0.3, -0.25) is 0 Å². The summed E-state index contributed by atoms with van der Waals surface area (Å²) in [5.74, 6) is 1.91. The topological polar surface area (TPSA) is 69.4 Å². The Labute approximate surface area is 201 Å². The minimum Gasteiger partial charge on any atom is -0.497 e. The van der Waals surface area contributed by atoms with Crippen LogP contribution in [0.2, 0.25) is 10.0 Å². The summed E-state index contributed by atoms with van der Waals surface area (Å²) in [6.45, 7) is 0.122. The SMILES string of the molecule is COc1ccc(/C=C/C(O)(Cn2cncn2)c2ccc(Oc3ccc(Cl)cc3)cc2Cl)cc1. The molecule has 0 fully saturated rings. The zero-order valence-electron chi connectivity index (χ0n) is 17.7. The lowest BCUT2D eigenvalue weighted by Gasteiger charge is -2.26. The zero-order chi connectivity index (χ0) is 23.3. The number of hydrogen-bond acceptors (Lipinski definition) is 5. The third kappa shape index (κ3) is 5.73. The maximum absolute atomic E-state index is 11.7. The number of aliphatic hydroxyl groups is 1. The van der Waals surface area contributed by atoms with E-state index >= 15 is 0 Å². The summed E-state index contributed by atoms with van der Waals surface area (Å²) in [4.78, 5) is 3.97. The van der Waals surface area contributed by atoms with Crippen molar-refractivity contribution in [3.8, 4) is 17.2 Å². The van der Waals surface area contributed by atoms with E-state index in [9.17, 15) is 5.11 Å². The molecule has 0 saturated heterocycles. The van der Waals surface area contributed by atoms with Crippen LogP contribution in [0.4, 0.5) is 0 Å². The maximum atomic E-state index is 11.7. The molecule has 1 unspecified atom stereocenters. The second-order valence-corrected chi connectivity index (χ2v) is 8.17. The molecule has 33 heavy (non-hydrogen) atoms. The predicted octanol–water partition coefficient (Wildman–Crippen LogP) is 5.99. The van der Waals surface area contributed by atoms with E-state index in [0.29, 0.717) is 27.1 Å². The van der Waals surface area contributed by atoms with Crippen molar-refractivity contribution in [1.29, 1.82) is 0 Å². The van der Waals surface area contributed by atoms with Gasteiger partial charge in [0.1, 0.15) is 35.5 Å². The van der Waals surface area contributed by atoms with Gasteiger partial charge in [-0.2, -0.15) is 5.10 Å². The summed E-state index contributed by atoms with van der Waals surface area (Å²) >= 11 is 12.5. The fourth-order valence-electron chi connectivity index (χ4n) is 3.29. The van der Waals surface area contributed by atoms with Gasteiger partial charge in [0.15, 0.2) is 0 Å². The molecule has 1 atom stereocenters. The van der Waals surface area contributed by atoms with Gasteiger partial charge in [-0.25, -0.2) is 9.67 Å². The van der Waals surface area contributed by atoms with Gasteiger partial charge in [0, 0.05) is 10.6 Å². The van der Waals surface area contributed by atoms with Crippen LogP contribution in [0.15, 0.2) is 85.5 Å². The van der Waals surface area contributed by atoms with Crippen molar-refractivity contribution in [2.24, 2.45) is 0 Å². The lowest BCUT2D eigenvalue weighted by atomic mass is 9.92. The molecule has 4 rings (SSSR count). The maximum Gasteiger partial charge on any atom is 0.137 e. The van der Waals surface area contributed by atoms with Gasteiger partial charge in [0.2, 0.25) is 0 Å². The molecule has 6 nitrogen and oxygen atoms in total. The largest absolute Gasteiger partial charge is 0.497 e. The van der Waals surface area contributed by atoms with E-state index in [1.165, 1.54) is 12.7 Å². The Balaban J connectivity index is 1.64. The van der Waals surface area contributed by atoms with Gasteiger partial charge >= 0.3 is 0 Å². The van der Waals surface area contributed by atoms with E-state index in [1.807, 2.05) is 30.3 Å². The first-order chi connectivity index (χ1) is 15.9. The third-order valence-corrected chi connectivity index (χ3v) is 5.56. The molecule has 0 aliphatic rings. The van der Waals surface area contributed by atoms with Crippen molar-refractivity contribution in [3.05, 3.63) is 107 Å². The Morgan fingerprint density at radius 3 is 2.30 bits per heavy atom. The molecule has 0 amide bonds. The van der Waals surface area contributed by atoms with Crippen LogP contribution in [-0.2, 0) is 12.1 Å². The van der Waals surface area contributed by atoms with Gasteiger partial charge in [-0.15, -0.1) is 0 Å². The van der Waals surface area contributed by atoms with Crippen LogP contribution in [0.5, 0.6) is 17.2 Å². The summed E-state index contributed by atoms with van der Waals surface area (Å²) in [5.41, 5.74) is -0.0525. The lowest BCUT2D eigenvalue weighted by Crippen LogP contribution is -2.30. The van der Waals surface area contributed by atoms with Crippen LogP contribution in [0.1, 0.15) is 11.1 Å². The van der Waals surface area contributed by atoms with Crippen molar-refractivity contribution in [2.45, 2.75) is 12.1 Å². The molecule has 1 heterocycles. The van der Waals surface area contributed by atoms with Crippen molar-refractivity contribution in [3.63, 3.8) is 0 Å². The molecule has 168 valence electrons. The highest BCUT2D eigenvalue weighted by molar-refractivity contribution is 6.31. The standard InChI is InChI=1S/C25H21Cl2N3O3/c1-32-20-6-2-18(3-7-20)12-13-25(31,15-30-17-28-16-29-30)23-11-10-22(14-24(23)27)33-21-8-4-19(26)5-9-21/h2-14,16-17,31H,15H2,1H3/b13-12+. The number of rotatable bonds is 8. The Morgan fingerprint density at radius 2 is 1.67 bits per heavy atom. The first kappa shape index (κ1) is 22.9. The van der Waals surface area contributed by atoms with Crippen LogP contribution in [0.3, 0.4) is 0 Å². The van der Waals surface area contributed by atoms with E-state index in [0.717, 1.165) is 11.3 Å². The summed E-state index contributed by atoms with van der Waals surface area (Å²) in [6, 6.07) is 19.7. The Hall–Kier alpha value is -3.32. The molecule has 0 bridgehead atoms. The number of halogens is 2. The second kappa shape index (κ2) is 10.1. The van der Waals surface area contributed by atoms with Crippen molar-refractivity contribution in [1.82, 2.24) is 14.8 Å². The molecule has 0 radical (unpaired) electrons. The fraction of sp³-hybridized carbons (Fsp3) is 0.120. The number of nitrogens with zero attached hydrogens (tertiary/aromatic N) is 3. The summed E-state index contributed by atoms with van der Waals surface area (Å²) in [5, 5.41) is 16.8. The molecule has 3 aromatic carbocycles. The van der Waals surface area contributed by atoms with E-state index in [2.05, 4.69) is 10.1 Å². The highest BCUT2D eigenvalue weighted by atomic mass is 35.5. The summed E-state index contributed by atoms with van der Waals surface area (Å²) < 4.78 is 12.6. The van der Waals surface area contributed by atoms with Crippen LogP contribution < -0.4 is 9.47 Å². The summed E-state index contributed by atoms with van der Waals surface area (Å²) in [7, 11) is 1.62. The van der Waals surface area contributed by atoms with Crippen LogP contribution in [0.25, 0.3) is 6.08 Å². The monoisotopic (exact) mass is 481 g/mol. The molecule has 0 spiro atoms. The Bertz CT molecular complexity index is 1230. The zero-order valence-corrected chi connectivity index (χ0v) is 19.2. The molecular weight excluding hydrogens is 461 g/mol. The van der Waals surface area contributed by atoms with Gasteiger partial charge in [0.05, 0.1) is 18.7 Å². The van der Waals surface area contributed by atoms with Gasteiger partial charge in [-0.05, 0) is 60.2 Å². The predicted molar refractivity (Wildman–Crippen MR) is 129 cm³/mol. The average Bonchev–Trinajstić information content (AvgIpc) is 3.32. The Morgan fingerprint density at radius 1 is 0.970 bits per heavy atom. The lowest BCUT2D eigenvalue weighted by molar-refractivity contribution is 0.0664. The molecule has 0 aliphatic heterocycles. The van der Waals surface area contributed by atoms with Gasteiger partial charge in [-0.1, -0.05) is 47.5 Å². The minimum atomic E-state index is -1.45. The van der Waals surface area contributed by atoms with E-state index in [1.54, 1.807) is 60.3 Å². The quantitative estimate of drug-likeness (QED) is 0.334. The molecule has 8 heteroatoms. The molecule has 4 aromatic rings. The summed E-state index contributed by atoms with van der Waals surface area (Å²) in [6.07, 6.45) is 6.47. The molecule has 1 aromatic heterocycles. The van der Waals surface area contributed by atoms with Crippen LogP contribution in [0, 0.1) is 0 Å². The van der Waals surface area contributed by atoms with E-state index in [4.69, 9.17) is 32.7 Å². The highest BCUT2D eigenvalue weighted by Crippen LogP contribution is 2.35. The smallest absolute Gasteiger partial charge is 0.137 e. The molecule has 0 aliphatic carbocycles. The third-order valence-electron chi connectivity index (χ3n) is 4.99. The normalized spacial score (nSPS) is 13.1. The number of methoxy groups -OCH3 is 1. The van der Waals surface area contributed by atoms with Crippen molar-refractivity contribution < 1.29 is 14.6 Å². The minimum absolute atomic E-state index is 0.122. The second-order valence-electron chi connectivity index (χ2n) is 7.32. The number of ether oxygens (including phenoxy) is 2. The van der Waals surface area contributed by atoms with Gasteiger partial charge in [0.25, 0.3) is 0 Å². The van der Waals surface area contributed by atoms with Crippen molar-refractivity contribution in [2.75, 3.05) is 7.11 Å². The molecule has 1 N–H and O–H groups in total. The molecular formula is C25H21Cl2N3O3. The number of hydrogen-bond donors (Lipinski definition) is 1. The van der Waals surface area contributed by atoms with Gasteiger partial charge < -0.3 is 14.6 Å². The Kier molecular flexibility index (Phi) is 6.99. The molecule has 0 saturated carbocycles. The van der Waals surface area contributed by atoms with Crippen molar-refractivity contribution >= 4 is 29.3 Å². The van der Waals surface area contributed by atoms with Crippen LogP contribution >= 0.6 is 23.2 Å². The number of benzene rings is 3.